The molecule has 0 spiro atoms. The monoisotopic (exact) mass is 451 g/mol. The lowest BCUT2D eigenvalue weighted by atomic mass is 10.0. The van der Waals surface area contributed by atoms with Gasteiger partial charge in [0.05, 0.1) is 15.1 Å². The molecule has 3 amide bonds. The van der Waals surface area contributed by atoms with Crippen LogP contribution in [-0.4, -0.2) is 46.3 Å². The maximum absolute atomic E-state index is 12.7. The molecule has 1 aliphatic heterocycles. The summed E-state index contributed by atoms with van der Waals surface area (Å²) in [5, 5.41) is 5.54. The third-order valence-electron chi connectivity index (χ3n) is 4.55. The van der Waals surface area contributed by atoms with Crippen LogP contribution in [0.4, 0.5) is 5.69 Å². The summed E-state index contributed by atoms with van der Waals surface area (Å²) >= 11 is 8.76. The molecule has 0 atom stereocenters. The van der Waals surface area contributed by atoms with E-state index in [2.05, 4.69) is 10.6 Å². The van der Waals surface area contributed by atoms with Gasteiger partial charge in [0, 0.05) is 23.5 Å². The lowest BCUT2D eigenvalue weighted by molar-refractivity contribution is -0.120. The molecule has 0 radical (unpaired) electrons. The highest BCUT2D eigenvalue weighted by atomic mass is 35.5. The molecule has 2 aromatic rings. The first-order valence-electron chi connectivity index (χ1n) is 9.04. The summed E-state index contributed by atoms with van der Waals surface area (Å²) in [5.41, 5.74) is 0.858. The maximum Gasteiger partial charge on any atom is 0.262 e. The van der Waals surface area contributed by atoms with E-state index >= 15 is 0 Å². The number of hydrogen-bond donors (Lipinski definition) is 2. The molecule has 0 saturated carbocycles. The first-order chi connectivity index (χ1) is 13.7. The van der Waals surface area contributed by atoms with Crippen LogP contribution in [0.1, 0.15) is 39.4 Å². The smallest absolute Gasteiger partial charge is 0.262 e. The third kappa shape index (κ3) is 5.12. The lowest BCUT2D eigenvalue weighted by Gasteiger charge is -2.25. The standard InChI is InChI=1S/C20H22ClN3O3S2/c1-12-10-13(4-5-14(12)18(26)24-8-9-28-11-24)22-19(27)20(2,3)23-17(25)15-6-7-16(21)29-15/h4-7,10H,8-9,11H2,1-3H3,(H,22,27)(H,23,25). The Hall–Kier alpha value is -2.03. The largest absolute Gasteiger partial charge is 0.337 e. The van der Waals surface area contributed by atoms with Crippen molar-refractivity contribution >= 4 is 58.1 Å². The number of amides is 3. The van der Waals surface area contributed by atoms with Crippen LogP contribution in [0.5, 0.6) is 0 Å². The second-order valence-corrected chi connectivity index (χ2v) is 10.1. The number of hydrogen-bond acceptors (Lipinski definition) is 5. The molecule has 1 aliphatic rings. The quantitative estimate of drug-likeness (QED) is 0.720. The Balaban J connectivity index is 1.66. The number of rotatable bonds is 5. The number of carbonyl (C=O) groups excluding carboxylic acids is 3. The maximum atomic E-state index is 12.7. The van der Waals surface area contributed by atoms with Crippen LogP contribution in [0.25, 0.3) is 0 Å². The third-order valence-corrected chi connectivity index (χ3v) is 6.74. The number of anilines is 1. The molecule has 1 saturated heterocycles. The fourth-order valence-electron chi connectivity index (χ4n) is 2.85. The molecule has 154 valence electrons. The topological polar surface area (TPSA) is 78.5 Å². The molecule has 3 rings (SSSR count). The van der Waals surface area contributed by atoms with Crippen molar-refractivity contribution in [2.24, 2.45) is 0 Å². The number of nitrogens with zero attached hydrogens (tertiary/aromatic N) is 1. The van der Waals surface area contributed by atoms with Crippen molar-refractivity contribution in [3.05, 3.63) is 50.7 Å². The van der Waals surface area contributed by atoms with Crippen LogP contribution in [0.15, 0.2) is 30.3 Å². The van der Waals surface area contributed by atoms with E-state index in [9.17, 15) is 14.4 Å². The number of benzene rings is 1. The lowest BCUT2D eigenvalue weighted by Crippen LogP contribution is -2.52. The summed E-state index contributed by atoms with van der Waals surface area (Å²) in [7, 11) is 0. The second-order valence-electron chi connectivity index (χ2n) is 7.27. The Labute approximate surface area is 183 Å². The highest BCUT2D eigenvalue weighted by molar-refractivity contribution is 7.99. The first kappa shape index (κ1) is 21.7. The summed E-state index contributed by atoms with van der Waals surface area (Å²) in [6.07, 6.45) is 0. The van der Waals surface area contributed by atoms with E-state index in [1.165, 1.54) is 0 Å². The van der Waals surface area contributed by atoms with Crippen LogP contribution in [0, 0.1) is 6.92 Å². The van der Waals surface area contributed by atoms with Gasteiger partial charge in [0.2, 0.25) is 5.91 Å². The zero-order valence-electron chi connectivity index (χ0n) is 16.4. The van der Waals surface area contributed by atoms with Gasteiger partial charge in [0.1, 0.15) is 5.54 Å². The van der Waals surface area contributed by atoms with Crippen molar-refractivity contribution in [1.29, 1.82) is 0 Å². The Kier molecular flexibility index (Phi) is 6.55. The van der Waals surface area contributed by atoms with Gasteiger partial charge in [-0.2, -0.15) is 0 Å². The SMILES string of the molecule is Cc1cc(NC(=O)C(C)(C)NC(=O)c2ccc(Cl)s2)ccc1C(=O)N1CCSC1. The molecule has 1 aromatic heterocycles. The summed E-state index contributed by atoms with van der Waals surface area (Å²) < 4.78 is 0.509. The van der Waals surface area contributed by atoms with Gasteiger partial charge in [0.15, 0.2) is 0 Å². The second kappa shape index (κ2) is 8.77. The highest BCUT2D eigenvalue weighted by Gasteiger charge is 2.30. The number of aryl methyl sites for hydroxylation is 1. The van der Waals surface area contributed by atoms with E-state index < -0.39 is 5.54 Å². The molecule has 0 bridgehead atoms. The van der Waals surface area contributed by atoms with Gasteiger partial charge in [-0.25, -0.2) is 0 Å². The van der Waals surface area contributed by atoms with Gasteiger partial charge in [-0.05, 0) is 56.7 Å². The molecule has 1 fully saturated rings. The molecule has 6 nitrogen and oxygen atoms in total. The minimum Gasteiger partial charge on any atom is -0.337 e. The fraction of sp³-hybridized carbons (Fsp3) is 0.350. The Bertz CT molecular complexity index is 952. The van der Waals surface area contributed by atoms with E-state index in [0.29, 0.717) is 26.3 Å². The molecule has 2 N–H and O–H groups in total. The van der Waals surface area contributed by atoms with Gasteiger partial charge >= 0.3 is 0 Å². The molecular weight excluding hydrogens is 430 g/mol. The average molecular weight is 452 g/mol. The number of carbonyl (C=O) groups is 3. The molecule has 2 heterocycles. The predicted molar refractivity (Wildman–Crippen MR) is 119 cm³/mol. The average Bonchev–Trinajstić information content (AvgIpc) is 3.32. The molecule has 29 heavy (non-hydrogen) atoms. The van der Waals surface area contributed by atoms with Crippen LogP contribution in [0.2, 0.25) is 4.34 Å². The van der Waals surface area contributed by atoms with E-state index in [1.807, 2.05) is 11.8 Å². The molecule has 0 unspecified atom stereocenters. The Morgan fingerprint density at radius 2 is 1.93 bits per heavy atom. The summed E-state index contributed by atoms with van der Waals surface area (Å²) in [6.45, 7) is 5.86. The van der Waals surface area contributed by atoms with E-state index in [0.717, 1.165) is 29.2 Å². The van der Waals surface area contributed by atoms with E-state index in [4.69, 9.17) is 11.6 Å². The zero-order chi connectivity index (χ0) is 21.2. The fourth-order valence-corrected chi connectivity index (χ4v) is 4.74. The Morgan fingerprint density at radius 3 is 2.52 bits per heavy atom. The van der Waals surface area contributed by atoms with Gasteiger partial charge in [-0.1, -0.05) is 11.6 Å². The molecular formula is C20H22ClN3O3S2. The molecule has 9 heteroatoms. The van der Waals surface area contributed by atoms with Crippen molar-refractivity contribution in [3.63, 3.8) is 0 Å². The first-order valence-corrected chi connectivity index (χ1v) is 11.4. The van der Waals surface area contributed by atoms with Crippen LogP contribution in [0.3, 0.4) is 0 Å². The van der Waals surface area contributed by atoms with Crippen molar-refractivity contribution < 1.29 is 14.4 Å². The minimum absolute atomic E-state index is 0.00702. The predicted octanol–water partition coefficient (Wildman–Crippen LogP) is 4.00. The minimum atomic E-state index is -1.14. The van der Waals surface area contributed by atoms with Crippen molar-refractivity contribution in [2.75, 3.05) is 23.5 Å². The van der Waals surface area contributed by atoms with Crippen LogP contribution >= 0.6 is 34.7 Å². The number of nitrogens with one attached hydrogen (secondary N) is 2. The summed E-state index contributed by atoms with van der Waals surface area (Å²) in [4.78, 5) is 39.9. The van der Waals surface area contributed by atoms with Gasteiger partial charge in [-0.3, -0.25) is 14.4 Å². The number of thioether (sulfide) groups is 1. The van der Waals surface area contributed by atoms with Gasteiger partial charge < -0.3 is 15.5 Å². The van der Waals surface area contributed by atoms with E-state index in [-0.39, 0.29) is 17.7 Å². The van der Waals surface area contributed by atoms with Crippen LogP contribution < -0.4 is 10.6 Å². The zero-order valence-corrected chi connectivity index (χ0v) is 18.8. The van der Waals surface area contributed by atoms with Gasteiger partial charge in [-0.15, -0.1) is 23.1 Å². The van der Waals surface area contributed by atoms with Crippen LogP contribution in [-0.2, 0) is 4.79 Å². The highest BCUT2D eigenvalue weighted by Crippen LogP contribution is 2.23. The summed E-state index contributed by atoms with van der Waals surface area (Å²) in [5.74, 6) is 0.954. The number of halogens is 1. The normalized spacial score (nSPS) is 14.0. The van der Waals surface area contributed by atoms with E-state index in [1.54, 1.807) is 55.9 Å². The van der Waals surface area contributed by atoms with Crippen molar-refractivity contribution in [1.82, 2.24) is 10.2 Å². The molecule has 0 aliphatic carbocycles. The summed E-state index contributed by atoms with van der Waals surface area (Å²) in [6, 6.07) is 8.47. The molecule has 1 aromatic carbocycles. The number of thiophene rings is 1. The van der Waals surface area contributed by atoms with Crippen molar-refractivity contribution in [2.45, 2.75) is 26.3 Å². The van der Waals surface area contributed by atoms with Crippen molar-refractivity contribution in [3.8, 4) is 0 Å². The van der Waals surface area contributed by atoms with Gasteiger partial charge in [0.25, 0.3) is 11.8 Å². The Morgan fingerprint density at radius 1 is 1.17 bits per heavy atom.